The SMILES string of the molecule is CCCC[N+](CCCC)(CCCC)CCCC.CCCC[N+](CCCC)(CCCC)CCCC.CCCC[N+](CCCC)(CCCC)CCCC.CCCC[N+](CCCC)(CCCC)CCCC.O=S(=O)([O-])Nc1cc(C(F)(F)F)cc(C(F)(F)F)c1.O=S(=O)([O-])Nc1cc(C(F)(F)F)cc(C(F)(F)F)c1.O=S(=O)([O-])Nc1cc(C(F)(F)F)cc(C(F)(F)F)c1.O=S(=O)([O-])Nc1cc(C(F)(F)F)cc(C(F)(F)F)c1. The molecule has 0 spiro atoms. The third-order valence-corrected chi connectivity index (χ3v) is 25.0. The van der Waals surface area contributed by atoms with Gasteiger partial charge in [-0.2, -0.15) is 105 Å². The normalized spacial score (nSPS) is 12.8. The number of quaternary nitrogens is 4. The molecule has 20 nitrogen and oxygen atoms in total. The van der Waals surface area contributed by atoms with Crippen LogP contribution in [0.5, 0.6) is 0 Å². The molecule has 144 heavy (non-hydrogen) atoms. The lowest BCUT2D eigenvalue weighted by Crippen LogP contribution is -2.50. The summed E-state index contributed by atoms with van der Waals surface area (Å²) in [6, 6.07) is -0.0636. The van der Waals surface area contributed by atoms with Crippen molar-refractivity contribution in [1.82, 2.24) is 0 Å². The average Bonchev–Trinajstić information content (AvgIpc) is 0.811. The molecule has 0 aromatic heterocycles. The number of nitrogens with zero attached hydrogens (tertiary/aromatic N) is 4. The highest BCUT2D eigenvalue weighted by atomic mass is 32.2. The van der Waals surface area contributed by atoms with E-state index < -0.39 is 158 Å². The molecule has 0 heterocycles. The predicted molar refractivity (Wildman–Crippen MR) is 517 cm³/mol. The number of alkyl halides is 24. The number of halogens is 24. The Labute approximate surface area is 841 Å². The zero-order valence-corrected chi connectivity index (χ0v) is 89.5. The van der Waals surface area contributed by atoms with Crippen molar-refractivity contribution in [3.05, 3.63) is 117 Å². The van der Waals surface area contributed by atoms with E-state index in [1.807, 2.05) is 0 Å². The van der Waals surface area contributed by atoms with Gasteiger partial charge in [-0.25, -0.2) is 33.7 Å². The van der Waals surface area contributed by atoms with Crippen LogP contribution in [0.4, 0.5) is 128 Å². The van der Waals surface area contributed by atoms with Crippen LogP contribution in [0.25, 0.3) is 0 Å². The Morgan fingerprint density at radius 2 is 0.250 bits per heavy atom. The van der Waals surface area contributed by atoms with Gasteiger partial charge in [0.1, 0.15) is 0 Å². The summed E-state index contributed by atoms with van der Waals surface area (Å²) >= 11 is 0. The fraction of sp³-hybridized carbons (Fsp3) is 0.750. The number of unbranched alkanes of at least 4 members (excludes halogenated alkanes) is 16. The smallest absolute Gasteiger partial charge is 0.416 e. The molecule has 0 atom stereocenters. The third-order valence-electron chi connectivity index (χ3n) is 23.1. The molecule has 0 aliphatic carbocycles. The Hall–Kier alpha value is -6.12. The fourth-order valence-electron chi connectivity index (χ4n) is 15.2. The van der Waals surface area contributed by atoms with Crippen LogP contribution in [0.2, 0.25) is 0 Å². The second-order valence-corrected chi connectivity index (χ2v) is 40.5. The van der Waals surface area contributed by atoms with Crippen molar-refractivity contribution in [3.8, 4) is 0 Å². The summed E-state index contributed by atoms with van der Waals surface area (Å²) in [5.41, 5.74) is -18.3. The van der Waals surface area contributed by atoms with Gasteiger partial charge in [0.2, 0.25) is 0 Å². The lowest BCUT2D eigenvalue weighted by molar-refractivity contribution is -0.929. The van der Waals surface area contributed by atoms with Crippen LogP contribution in [0.3, 0.4) is 0 Å². The number of nitrogens with one attached hydrogen (secondary N) is 4. The van der Waals surface area contributed by atoms with E-state index in [0.29, 0.717) is 0 Å². The summed E-state index contributed by atoms with van der Waals surface area (Å²) in [6.45, 7) is 60.1. The molecule has 4 aromatic rings. The van der Waals surface area contributed by atoms with Gasteiger partial charge in [0.15, 0.2) is 41.2 Å². The monoisotopic (exact) mass is 2200 g/mol. The highest BCUT2D eigenvalue weighted by molar-refractivity contribution is 7.87. The molecule has 4 aromatic carbocycles. The van der Waals surface area contributed by atoms with Crippen LogP contribution in [-0.4, -0.2) is 175 Å². The maximum Gasteiger partial charge on any atom is 0.416 e. The van der Waals surface area contributed by atoms with Crippen LogP contribution in [-0.2, 0) is 90.6 Å². The second kappa shape index (κ2) is 70.1. The molecule has 0 saturated carbocycles. The van der Waals surface area contributed by atoms with Crippen LogP contribution >= 0.6 is 0 Å². The summed E-state index contributed by atoms with van der Waals surface area (Å²) in [4.78, 5) is 0. The van der Waals surface area contributed by atoms with Gasteiger partial charge in [0.25, 0.3) is 0 Å². The second-order valence-electron chi connectivity index (χ2n) is 36.0. The molecule has 4 rings (SSSR count). The molecule has 0 aliphatic heterocycles. The van der Waals surface area contributed by atoms with Gasteiger partial charge >= 0.3 is 49.4 Å². The van der Waals surface area contributed by atoms with E-state index in [9.17, 15) is 157 Å². The highest BCUT2D eigenvalue weighted by Crippen LogP contribution is 2.43. The van der Waals surface area contributed by atoms with Crippen molar-refractivity contribution < 1.29 is 175 Å². The van der Waals surface area contributed by atoms with E-state index >= 15 is 0 Å². The van der Waals surface area contributed by atoms with Crippen molar-refractivity contribution >= 4 is 64.0 Å². The van der Waals surface area contributed by atoms with E-state index in [0.717, 1.165) is 18.9 Å². The van der Waals surface area contributed by atoms with Crippen molar-refractivity contribution in [1.29, 1.82) is 0 Å². The van der Waals surface area contributed by atoms with Crippen molar-refractivity contribution in [3.63, 3.8) is 0 Å². The predicted octanol–water partition coefficient (Wildman–Crippen LogP) is 30.4. The van der Waals surface area contributed by atoms with Crippen molar-refractivity contribution in [2.75, 3.05) is 124 Å². The summed E-state index contributed by atoms with van der Waals surface area (Å²) in [6.07, 6.45) is 3.28. The zero-order chi connectivity index (χ0) is 112. The van der Waals surface area contributed by atoms with E-state index in [2.05, 4.69) is 111 Å². The number of anilines is 4. The molecular formula is C96H160F24N8O12S4. The molecular weight excluding hydrogens is 2040 g/mol. The van der Waals surface area contributed by atoms with Gasteiger partial charge in [-0.1, -0.05) is 214 Å². The van der Waals surface area contributed by atoms with Gasteiger partial charge in [0, 0.05) is 22.7 Å². The zero-order valence-electron chi connectivity index (χ0n) is 86.3. The van der Waals surface area contributed by atoms with Crippen LogP contribution in [0, 0.1) is 0 Å². The Bertz CT molecular complexity index is 3720. The molecule has 0 aliphatic rings. The summed E-state index contributed by atoms with van der Waals surface area (Å²) < 4.78 is 430. The molecule has 0 fully saturated rings. The first-order chi connectivity index (χ1) is 66.1. The van der Waals surface area contributed by atoms with Gasteiger partial charge in [-0.3, -0.25) is 18.9 Å². The van der Waals surface area contributed by atoms with Crippen molar-refractivity contribution in [2.45, 2.75) is 366 Å². The van der Waals surface area contributed by atoms with E-state index in [1.54, 1.807) is 0 Å². The molecule has 848 valence electrons. The minimum absolute atomic E-state index is 0.0880. The summed E-state index contributed by atoms with van der Waals surface area (Å²) in [7, 11) is -20.9. The number of hydrogen-bond donors (Lipinski definition) is 4. The molecule has 0 amide bonds. The number of hydrogen-bond acceptors (Lipinski definition) is 12. The Morgan fingerprint density at radius 3 is 0.306 bits per heavy atom. The fourth-order valence-corrected chi connectivity index (χ4v) is 16.8. The highest BCUT2D eigenvalue weighted by Gasteiger charge is 2.42. The van der Waals surface area contributed by atoms with Gasteiger partial charge < -0.3 is 36.1 Å². The lowest BCUT2D eigenvalue weighted by Gasteiger charge is -2.39. The Kier molecular flexibility index (Phi) is 70.2. The largest absolute Gasteiger partial charge is 0.731 e. The molecule has 0 saturated heterocycles. The molecule has 0 bridgehead atoms. The Balaban J connectivity index is -0.000000778. The van der Waals surface area contributed by atoms with Crippen LogP contribution < -0.4 is 18.9 Å². The standard InChI is InChI=1S/4C16H36N.4C8H5F6NO3S/c4*1-5-9-13-17(14-10-6-2,15-11-7-3)16-12-8-4;4*9-7(10,11)4-1-5(8(12,13)14)3-6(2-4)15-19(16,17)18/h4*5-16H2,1-4H3;4*1-3,15H,(H,16,17,18)/q4*+1;;;;/p-4. The molecule has 4 N–H and O–H groups in total. The molecule has 48 heteroatoms. The topological polar surface area (TPSA) is 277 Å². The summed E-state index contributed by atoms with van der Waals surface area (Å²) in [5, 5.41) is 0. The van der Waals surface area contributed by atoms with Crippen LogP contribution in [0.1, 0.15) is 361 Å². The van der Waals surface area contributed by atoms with Crippen LogP contribution in [0.15, 0.2) is 72.8 Å². The van der Waals surface area contributed by atoms with Crippen molar-refractivity contribution in [2.24, 2.45) is 0 Å². The summed E-state index contributed by atoms with van der Waals surface area (Å²) in [5.74, 6) is 0. The minimum atomic E-state index is -5.24. The first-order valence-electron chi connectivity index (χ1n) is 49.7. The van der Waals surface area contributed by atoms with E-state index in [1.165, 1.54) is 328 Å². The maximum atomic E-state index is 12.3. The van der Waals surface area contributed by atoms with Gasteiger partial charge in [-0.15, -0.1) is 0 Å². The number of benzene rings is 4. The van der Waals surface area contributed by atoms with E-state index in [-0.39, 0.29) is 72.8 Å². The molecule has 0 unspecified atom stereocenters. The third kappa shape index (κ3) is 68.6. The Morgan fingerprint density at radius 1 is 0.174 bits per heavy atom. The van der Waals surface area contributed by atoms with Gasteiger partial charge in [0.05, 0.1) is 149 Å². The quantitative estimate of drug-likeness (QED) is 0.0182. The molecule has 0 radical (unpaired) electrons. The average molecular weight is 2200 g/mol. The number of rotatable bonds is 56. The lowest BCUT2D eigenvalue weighted by atomic mass is 10.1. The van der Waals surface area contributed by atoms with E-state index in [4.69, 9.17) is 0 Å². The minimum Gasteiger partial charge on any atom is -0.731 e. The maximum absolute atomic E-state index is 12.3. The van der Waals surface area contributed by atoms with Gasteiger partial charge in [-0.05, 0) is 176 Å². The first-order valence-corrected chi connectivity index (χ1v) is 55.3. The first kappa shape index (κ1) is 144.